The second kappa shape index (κ2) is 6.11. The Morgan fingerprint density at radius 1 is 1.33 bits per heavy atom. The molecule has 2 rings (SSSR count). The van der Waals surface area contributed by atoms with E-state index in [1.807, 2.05) is 18.3 Å². The largest absolute Gasteiger partial charge is 0.467 e. The highest BCUT2D eigenvalue weighted by Gasteiger charge is 2.04. The van der Waals surface area contributed by atoms with Gasteiger partial charge in [0.1, 0.15) is 0 Å². The lowest BCUT2D eigenvalue weighted by Gasteiger charge is -2.05. The van der Waals surface area contributed by atoms with Gasteiger partial charge in [0.05, 0.1) is 7.11 Å². The van der Waals surface area contributed by atoms with Gasteiger partial charge >= 0.3 is 6.01 Å². The summed E-state index contributed by atoms with van der Waals surface area (Å²) in [4.78, 5) is 15.8. The number of nitrogens with one attached hydrogen (secondary N) is 1. The summed E-state index contributed by atoms with van der Waals surface area (Å²) in [5.41, 5.74) is 1.14. The smallest absolute Gasteiger partial charge is 0.322 e. The molecule has 0 aliphatic heterocycles. The lowest BCUT2D eigenvalue weighted by atomic mass is 10.2. The lowest BCUT2D eigenvalue weighted by Crippen LogP contribution is -2.09. The van der Waals surface area contributed by atoms with Gasteiger partial charge in [-0.2, -0.15) is 15.0 Å². The van der Waals surface area contributed by atoms with Crippen molar-refractivity contribution in [3.63, 3.8) is 0 Å². The van der Waals surface area contributed by atoms with Gasteiger partial charge in [-0.15, -0.1) is 0 Å². The van der Waals surface area contributed by atoms with E-state index >= 15 is 0 Å². The van der Waals surface area contributed by atoms with E-state index in [2.05, 4.69) is 25.3 Å². The number of anilines is 1. The van der Waals surface area contributed by atoms with Crippen molar-refractivity contribution < 1.29 is 4.74 Å². The van der Waals surface area contributed by atoms with Crippen LogP contribution in [0, 0.1) is 0 Å². The summed E-state index contributed by atoms with van der Waals surface area (Å²) >= 11 is 5.73. The van der Waals surface area contributed by atoms with Crippen molar-refractivity contribution in [1.29, 1.82) is 0 Å². The summed E-state index contributed by atoms with van der Waals surface area (Å²) in [5, 5.41) is 3.16. The molecule has 7 heteroatoms. The molecule has 0 saturated heterocycles. The van der Waals surface area contributed by atoms with Gasteiger partial charge in [0.15, 0.2) is 0 Å². The van der Waals surface area contributed by atoms with Gasteiger partial charge < -0.3 is 10.1 Å². The summed E-state index contributed by atoms with van der Waals surface area (Å²) in [6.45, 7) is 0.676. The van der Waals surface area contributed by atoms with Crippen LogP contribution in [0.5, 0.6) is 6.01 Å². The van der Waals surface area contributed by atoms with Crippen LogP contribution in [-0.4, -0.2) is 33.6 Å². The van der Waals surface area contributed by atoms with E-state index in [0.717, 1.165) is 12.0 Å². The molecule has 2 aromatic heterocycles. The first-order valence-corrected chi connectivity index (χ1v) is 5.74. The fraction of sp³-hybridized carbons (Fsp3) is 0.273. The second-order valence-corrected chi connectivity index (χ2v) is 3.79. The quantitative estimate of drug-likeness (QED) is 0.885. The Morgan fingerprint density at radius 3 is 2.94 bits per heavy atom. The zero-order valence-corrected chi connectivity index (χ0v) is 10.6. The zero-order chi connectivity index (χ0) is 12.8. The minimum atomic E-state index is 0.103. The molecule has 94 valence electrons. The first-order chi connectivity index (χ1) is 8.78. The number of hydrogen-bond donors (Lipinski definition) is 1. The molecule has 0 fully saturated rings. The molecule has 0 aromatic carbocycles. The topological polar surface area (TPSA) is 72.8 Å². The lowest BCUT2D eigenvalue weighted by molar-refractivity contribution is 0.379. The Morgan fingerprint density at radius 2 is 2.22 bits per heavy atom. The minimum Gasteiger partial charge on any atom is -0.467 e. The molecule has 0 atom stereocenters. The van der Waals surface area contributed by atoms with Crippen molar-refractivity contribution in [3.8, 4) is 6.01 Å². The molecular weight excluding hydrogens is 254 g/mol. The number of ether oxygens (including phenoxy) is 1. The second-order valence-electron chi connectivity index (χ2n) is 3.45. The van der Waals surface area contributed by atoms with Crippen molar-refractivity contribution in [1.82, 2.24) is 19.9 Å². The maximum Gasteiger partial charge on any atom is 0.322 e. The molecule has 1 N–H and O–H groups in total. The highest BCUT2D eigenvalue weighted by atomic mass is 35.5. The number of halogens is 1. The number of rotatable bonds is 5. The standard InChI is InChI=1S/C11H12ClN5O/c1-18-11-16-9(12)15-10(17-11)14-6-4-8-3-2-5-13-7-8/h2-3,5,7H,4,6H2,1H3,(H,14,15,16,17). The third-order valence-corrected chi connectivity index (χ3v) is 2.36. The SMILES string of the molecule is COc1nc(Cl)nc(NCCc2cccnc2)n1. The molecule has 6 nitrogen and oxygen atoms in total. The van der Waals surface area contributed by atoms with E-state index in [-0.39, 0.29) is 11.3 Å². The monoisotopic (exact) mass is 265 g/mol. The summed E-state index contributed by atoms with van der Waals surface area (Å²) < 4.78 is 4.90. The Hall–Kier alpha value is -1.95. The zero-order valence-electron chi connectivity index (χ0n) is 9.80. The maximum atomic E-state index is 5.73. The van der Waals surface area contributed by atoms with Crippen LogP contribution in [0.25, 0.3) is 0 Å². The van der Waals surface area contributed by atoms with Crippen LogP contribution in [0.3, 0.4) is 0 Å². The fourth-order valence-electron chi connectivity index (χ4n) is 1.37. The van der Waals surface area contributed by atoms with Crippen LogP contribution in [0.1, 0.15) is 5.56 Å². The fourth-order valence-corrected chi connectivity index (χ4v) is 1.52. The highest BCUT2D eigenvalue weighted by molar-refractivity contribution is 6.28. The summed E-state index contributed by atoms with van der Waals surface area (Å²) in [6, 6.07) is 4.10. The van der Waals surface area contributed by atoms with Crippen molar-refractivity contribution >= 4 is 17.5 Å². The van der Waals surface area contributed by atoms with Crippen LogP contribution in [-0.2, 0) is 6.42 Å². The Balaban J connectivity index is 1.92. The normalized spacial score (nSPS) is 10.1. The minimum absolute atomic E-state index is 0.103. The van der Waals surface area contributed by atoms with Gasteiger partial charge in [0.2, 0.25) is 11.2 Å². The van der Waals surface area contributed by atoms with E-state index in [1.54, 1.807) is 6.20 Å². The number of hydrogen-bond acceptors (Lipinski definition) is 6. The van der Waals surface area contributed by atoms with E-state index in [9.17, 15) is 0 Å². The van der Waals surface area contributed by atoms with Crippen molar-refractivity contribution in [2.24, 2.45) is 0 Å². The average Bonchev–Trinajstić information content (AvgIpc) is 2.39. The van der Waals surface area contributed by atoms with Crippen molar-refractivity contribution in [2.45, 2.75) is 6.42 Å². The van der Waals surface area contributed by atoms with E-state index in [1.165, 1.54) is 7.11 Å². The van der Waals surface area contributed by atoms with E-state index in [4.69, 9.17) is 16.3 Å². The predicted molar refractivity (Wildman–Crippen MR) is 67.8 cm³/mol. The van der Waals surface area contributed by atoms with E-state index in [0.29, 0.717) is 12.5 Å². The molecule has 2 heterocycles. The van der Waals surface area contributed by atoms with Gasteiger partial charge in [0.25, 0.3) is 0 Å². The Kier molecular flexibility index (Phi) is 4.25. The third-order valence-electron chi connectivity index (χ3n) is 2.19. The molecule has 0 unspecified atom stereocenters. The molecular formula is C11H12ClN5O. The van der Waals surface area contributed by atoms with Crippen LogP contribution >= 0.6 is 11.6 Å². The molecule has 0 saturated carbocycles. The van der Waals surface area contributed by atoms with Crippen molar-refractivity contribution in [3.05, 3.63) is 35.4 Å². The van der Waals surface area contributed by atoms with Gasteiger partial charge in [-0.3, -0.25) is 4.98 Å². The number of pyridine rings is 1. The van der Waals surface area contributed by atoms with Gasteiger partial charge in [-0.25, -0.2) is 0 Å². The van der Waals surface area contributed by atoms with Crippen LogP contribution in [0.4, 0.5) is 5.95 Å². The summed E-state index contributed by atoms with van der Waals surface area (Å²) in [7, 11) is 1.48. The van der Waals surface area contributed by atoms with Gasteiger partial charge in [-0.1, -0.05) is 6.07 Å². The molecule has 0 bridgehead atoms. The van der Waals surface area contributed by atoms with Gasteiger partial charge in [0, 0.05) is 18.9 Å². The molecule has 18 heavy (non-hydrogen) atoms. The number of aromatic nitrogens is 4. The van der Waals surface area contributed by atoms with Crippen molar-refractivity contribution in [2.75, 3.05) is 19.0 Å². The number of nitrogens with zero attached hydrogens (tertiary/aromatic N) is 4. The molecule has 0 aliphatic rings. The predicted octanol–water partition coefficient (Wildman–Crippen LogP) is 1.58. The van der Waals surface area contributed by atoms with Crippen LogP contribution in [0.15, 0.2) is 24.5 Å². The molecule has 0 amide bonds. The highest BCUT2D eigenvalue weighted by Crippen LogP contribution is 2.10. The molecule has 2 aromatic rings. The average molecular weight is 266 g/mol. The maximum absolute atomic E-state index is 5.73. The van der Waals surface area contributed by atoms with E-state index < -0.39 is 0 Å². The molecule has 0 radical (unpaired) electrons. The Labute approximate surface area is 109 Å². The van der Waals surface area contributed by atoms with Gasteiger partial charge in [-0.05, 0) is 29.7 Å². The number of methoxy groups -OCH3 is 1. The Bertz CT molecular complexity index is 508. The first-order valence-electron chi connectivity index (χ1n) is 5.36. The third kappa shape index (κ3) is 3.53. The summed E-state index contributed by atoms with van der Waals surface area (Å²) in [5.74, 6) is 0.399. The summed E-state index contributed by atoms with van der Waals surface area (Å²) in [6.07, 6.45) is 4.38. The molecule has 0 aliphatic carbocycles. The van der Waals surface area contributed by atoms with Crippen LogP contribution < -0.4 is 10.1 Å². The first kappa shape index (κ1) is 12.5. The van der Waals surface area contributed by atoms with Crippen LogP contribution in [0.2, 0.25) is 5.28 Å². The molecule has 0 spiro atoms.